The van der Waals surface area contributed by atoms with E-state index in [0.717, 1.165) is 27.7 Å². The molecular weight excluding hydrogens is 386 g/mol. The van der Waals surface area contributed by atoms with Crippen LogP contribution in [0.5, 0.6) is 5.75 Å². The molecule has 0 bridgehead atoms. The van der Waals surface area contributed by atoms with E-state index in [1.54, 1.807) is 0 Å². The van der Waals surface area contributed by atoms with Crippen LogP contribution in [0.15, 0.2) is 65.0 Å². The third kappa shape index (κ3) is 3.55. The van der Waals surface area contributed by atoms with E-state index in [0.29, 0.717) is 23.0 Å². The minimum absolute atomic E-state index is 0.212. The van der Waals surface area contributed by atoms with Crippen LogP contribution in [0, 0.1) is 18.3 Å². The quantitative estimate of drug-likeness (QED) is 0.424. The zero-order valence-electron chi connectivity index (χ0n) is 16.0. The molecule has 2 heterocycles. The van der Waals surface area contributed by atoms with Crippen molar-refractivity contribution in [3.63, 3.8) is 0 Å². The Hall–Kier alpha value is -3.36. The first kappa shape index (κ1) is 19.0. The molecule has 1 aliphatic rings. The number of ether oxygens (including phenoxy) is 2. The molecule has 0 radical (unpaired) electrons. The van der Waals surface area contributed by atoms with Gasteiger partial charge >= 0.3 is 0 Å². The van der Waals surface area contributed by atoms with E-state index >= 15 is 0 Å². The fourth-order valence-electron chi connectivity index (χ4n) is 3.41. The second-order valence-electron chi connectivity index (χ2n) is 6.62. The number of nitriles is 1. The molecule has 0 amide bonds. The highest BCUT2D eigenvalue weighted by molar-refractivity contribution is 6.30. The van der Waals surface area contributed by atoms with E-state index in [4.69, 9.17) is 21.1 Å². The van der Waals surface area contributed by atoms with Crippen LogP contribution in [0.25, 0.3) is 10.9 Å². The highest BCUT2D eigenvalue weighted by Crippen LogP contribution is 2.46. The van der Waals surface area contributed by atoms with Gasteiger partial charge in [-0.05, 0) is 37.6 Å². The Balaban J connectivity index is 1.98. The van der Waals surface area contributed by atoms with Crippen LogP contribution < -0.4 is 4.74 Å². The minimum Gasteiger partial charge on any atom is -0.483 e. The molecule has 144 valence electrons. The van der Waals surface area contributed by atoms with Gasteiger partial charge in [-0.15, -0.1) is 0 Å². The third-order valence-corrected chi connectivity index (χ3v) is 5.00. The van der Waals surface area contributed by atoms with Crippen LogP contribution in [0.4, 0.5) is 0 Å². The number of fused-ring (bicyclic) bond motifs is 3. The minimum atomic E-state index is -0.346. The van der Waals surface area contributed by atoms with Gasteiger partial charge in [-0.25, -0.2) is 4.98 Å². The second kappa shape index (κ2) is 7.94. The molecule has 1 atom stereocenters. The van der Waals surface area contributed by atoms with Crippen LogP contribution in [-0.4, -0.2) is 18.0 Å². The SMILES string of the molecule is CCOC=NC1=C(C#N)C(c2ccc(Cl)cc2)c2ccc3ccc(C)nc3c2O1. The number of aryl methyl sites for hydroxylation is 1. The molecule has 3 aromatic rings. The van der Waals surface area contributed by atoms with Crippen molar-refractivity contribution in [2.24, 2.45) is 4.99 Å². The summed E-state index contributed by atoms with van der Waals surface area (Å²) in [4.78, 5) is 8.96. The van der Waals surface area contributed by atoms with Gasteiger partial charge in [0.15, 0.2) is 12.2 Å². The lowest BCUT2D eigenvalue weighted by molar-refractivity contribution is 0.336. The molecule has 0 spiro atoms. The highest BCUT2D eigenvalue weighted by Gasteiger charge is 2.33. The van der Waals surface area contributed by atoms with E-state index in [1.165, 1.54) is 6.40 Å². The van der Waals surface area contributed by atoms with Crippen LogP contribution in [0.3, 0.4) is 0 Å². The Kier molecular flexibility index (Phi) is 5.20. The fraction of sp³-hybridized carbons (Fsp3) is 0.174. The Morgan fingerprint density at radius 3 is 2.69 bits per heavy atom. The number of aromatic nitrogens is 1. The van der Waals surface area contributed by atoms with Crippen molar-refractivity contribution in [1.82, 2.24) is 4.98 Å². The molecule has 4 rings (SSSR count). The van der Waals surface area contributed by atoms with Crippen LogP contribution >= 0.6 is 11.6 Å². The van der Waals surface area contributed by atoms with Crippen molar-refractivity contribution >= 4 is 28.9 Å². The van der Waals surface area contributed by atoms with E-state index in [2.05, 4.69) is 16.0 Å². The predicted molar refractivity (Wildman–Crippen MR) is 113 cm³/mol. The molecule has 0 saturated carbocycles. The van der Waals surface area contributed by atoms with Crippen molar-refractivity contribution in [2.45, 2.75) is 19.8 Å². The molecule has 29 heavy (non-hydrogen) atoms. The normalized spacial score (nSPS) is 15.9. The number of benzene rings is 2. The molecule has 1 unspecified atom stereocenters. The van der Waals surface area contributed by atoms with Gasteiger partial charge in [0, 0.05) is 21.7 Å². The third-order valence-electron chi connectivity index (χ3n) is 4.75. The summed E-state index contributed by atoms with van der Waals surface area (Å²) in [5, 5.41) is 11.5. The van der Waals surface area contributed by atoms with Gasteiger partial charge < -0.3 is 9.47 Å². The Bertz CT molecular complexity index is 1180. The summed E-state index contributed by atoms with van der Waals surface area (Å²) >= 11 is 6.08. The summed E-state index contributed by atoms with van der Waals surface area (Å²) in [6.07, 6.45) is 1.31. The standard InChI is InChI=1S/C23H18ClN3O2/c1-3-28-13-26-23-19(12-25)20(15-6-9-17(24)10-7-15)18-11-8-16-5-4-14(2)27-21(16)22(18)29-23/h4-11,13,20H,3H2,1-2H3. The van der Waals surface area contributed by atoms with E-state index in [9.17, 15) is 5.26 Å². The summed E-state index contributed by atoms with van der Waals surface area (Å²) in [7, 11) is 0. The van der Waals surface area contributed by atoms with Crippen LogP contribution in [0.2, 0.25) is 5.02 Å². The largest absolute Gasteiger partial charge is 0.483 e. The zero-order chi connectivity index (χ0) is 20.4. The number of pyridine rings is 1. The van der Waals surface area contributed by atoms with Gasteiger partial charge in [0.2, 0.25) is 5.88 Å². The maximum atomic E-state index is 9.94. The Labute approximate surface area is 173 Å². The number of aliphatic imine (C=N–C) groups is 1. The lowest BCUT2D eigenvalue weighted by Gasteiger charge is -2.27. The Morgan fingerprint density at radius 1 is 1.21 bits per heavy atom. The van der Waals surface area contributed by atoms with Gasteiger partial charge in [0.05, 0.1) is 12.5 Å². The summed E-state index contributed by atoms with van der Waals surface area (Å²) in [5.41, 5.74) is 3.81. The van der Waals surface area contributed by atoms with Crippen molar-refractivity contribution in [3.05, 3.63) is 81.8 Å². The number of allylic oxidation sites excluding steroid dienone is 1. The van der Waals surface area contributed by atoms with Crippen LogP contribution in [-0.2, 0) is 4.74 Å². The summed E-state index contributed by atoms with van der Waals surface area (Å²) in [6, 6.07) is 17.7. The highest BCUT2D eigenvalue weighted by atomic mass is 35.5. The van der Waals surface area contributed by atoms with Crippen molar-refractivity contribution < 1.29 is 9.47 Å². The molecule has 0 N–H and O–H groups in total. The van der Waals surface area contributed by atoms with Gasteiger partial charge in [-0.2, -0.15) is 10.3 Å². The van der Waals surface area contributed by atoms with Gasteiger partial charge in [0.1, 0.15) is 17.2 Å². The van der Waals surface area contributed by atoms with Crippen molar-refractivity contribution in [2.75, 3.05) is 6.61 Å². The van der Waals surface area contributed by atoms with Gasteiger partial charge in [0.25, 0.3) is 0 Å². The number of hydrogen-bond acceptors (Lipinski definition) is 5. The van der Waals surface area contributed by atoms with E-state index in [1.807, 2.05) is 62.4 Å². The molecule has 2 aromatic carbocycles. The predicted octanol–water partition coefficient (Wildman–Crippen LogP) is 5.52. The van der Waals surface area contributed by atoms with Gasteiger partial charge in [-0.1, -0.05) is 41.9 Å². The summed E-state index contributed by atoms with van der Waals surface area (Å²) < 4.78 is 11.3. The van der Waals surface area contributed by atoms with Gasteiger partial charge in [-0.3, -0.25) is 0 Å². The first-order valence-electron chi connectivity index (χ1n) is 9.24. The first-order chi connectivity index (χ1) is 14.1. The molecule has 1 aromatic heterocycles. The van der Waals surface area contributed by atoms with E-state index < -0.39 is 0 Å². The summed E-state index contributed by atoms with van der Waals surface area (Å²) in [5.74, 6) is 0.472. The Morgan fingerprint density at radius 2 is 1.97 bits per heavy atom. The smallest absolute Gasteiger partial charge is 0.236 e. The lowest BCUT2D eigenvalue weighted by atomic mass is 9.83. The molecule has 1 aliphatic heterocycles. The van der Waals surface area contributed by atoms with Crippen LogP contribution in [0.1, 0.15) is 29.7 Å². The molecule has 0 aliphatic carbocycles. The molecule has 6 heteroatoms. The monoisotopic (exact) mass is 403 g/mol. The number of rotatable bonds is 4. The zero-order valence-corrected chi connectivity index (χ0v) is 16.8. The number of hydrogen-bond donors (Lipinski definition) is 0. The second-order valence-corrected chi connectivity index (χ2v) is 7.05. The topological polar surface area (TPSA) is 67.5 Å². The molecule has 5 nitrogen and oxygen atoms in total. The number of nitrogens with zero attached hydrogens (tertiary/aromatic N) is 3. The number of halogens is 1. The maximum absolute atomic E-state index is 9.94. The summed E-state index contributed by atoms with van der Waals surface area (Å²) in [6.45, 7) is 4.27. The van der Waals surface area contributed by atoms with Crippen molar-refractivity contribution in [3.8, 4) is 11.8 Å². The fourth-order valence-corrected chi connectivity index (χ4v) is 3.54. The first-order valence-corrected chi connectivity index (χ1v) is 9.62. The van der Waals surface area contributed by atoms with Crippen molar-refractivity contribution in [1.29, 1.82) is 5.26 Å². The molecule has 0 saturated heterocycles. The molecular formula is C23H18ClN3O2. The average molecular weight is 404 g/mol. The molecule has 0 fully saturated rings. The maximum Gasteiger partial charge on any atom is 0.236 e. The lowest BCUT2D eigenvalue weighted by Crippen LogP contribution is -2.16. The average Bonchev–Trinajstić information content (AvgIpc) is 2.73. The van der Waals surface area contributed by atoms with E-state index in [-0.39, 0.29) is 11.8 Å².